The molecule has 0 spiro atoms. The number of halogens is 3. The van der Waals surface area contributed by atoms with Gasteiger partial charge in [0.25, 0.3) is 0 Å². The van der Waals surface area contributed by atoms with Crippen LogP contribution in [0, 0.1) is 0 Å². The smallest absolute Gasteiger partial charge is 0.389 e. The Kier molecular flexibility index (Phi) is 6.19. The molecule has 1 aromatic carbocycles. The van der Waals surface area contributed by atoms with Gasteiger partial charge in [-0.05, 0) is 32.4 Å². The number of aliphatic hydroxyl groups excluding tert-OH is 1. The zero-order valence-electron chi connectivity index (χ0n) is 12.5. The highest BCUT2D eigenvalue weighted by Gasteiger charge is 2.32. The molecule has 120 valence electrons. The summed E-state index contributed by atoms with van der Waals surface area (Å²) in [7, 11) is 0. The quantitative estimate of drug-likeness (QED) is 0.849. The summed E-state index contributed by atoms with van der Waals surface area (Å²) in [4.78, 5) is 0. The molecular formula is C15H22F3NO2. The van der Waals surface area contributed by atoms with E-state index >= 15 is 0 Å². The first kappa shape index (κ1) is 17.9. The molecule has 0 bridgehead atoms. The SMILES string of the molecule is CC(C)(C)OCC(O)CNCc1ccccc1C(F)(F)F. The van der Waals surface area contributed by atoms with Crippen LogP contribution in [-0.2, 0) is 17.5 Å². The van der Waals surface area contributed by atoms with Crippen LogP contribution in [0.3, 0.4) is 0 Å². The molecule has 0 radical (unpaired) electrons. The van der Waals surface area contributed by atoms with Crippen molar-refractivity contribution in [3.8, 4) is 0 Å². The first-order valence-electron chi connectivity index (χ1n) is 6.77. The van der Waals surface area contributed by atoms with E-state index in [2.05, 4.69) is 5.32 Å². The molecule has 1 rings (SSSR count). The van der Waals surface area contributed by atoms with Gasteiger partial charge in [-0.2, -0.15) is 13.2 Å². The molecule has 1 unspecified atom stereocenters. The average Bonchev–Trinajstić information content (AvgIpc) is 2.35. The van der Waals surface area contributed by atoms with Crippen molar-refractivity contribution in [1.82, 2.24) is 5.32 Å². The standard InChI is InChI=1S/C15H22F3NO2/c1-14(2,3)21-10-12(20)9-19-8-11-6-4-5-7-13(11)15(16,17)18/h4-7,12,19-20H,8-10H2,1-3H3. The molecule has 1 aromatic rings. The summed E-state index contributed by atoms with van der Waals surface area (Å²) in [6.07, 6.45) is -5.13. The Balaban J connectivity index is 2.46. The maximum absolute atomic E-state index is 12.8. The van der Waals surface area contributed by atoms with Crippen LogP contribution in [0.4, 0.5) is 13.2 Å². The largest absolute Gasteiger partial charge is 0.416 e. The molecule has 0 aromatic heterocycles. The molecule has 0 saturated carbocycles. The van der Waals surface area contributed by atoms with Crippen LogP contribution in [-0.4, -0.2) is 30.0 Å². The first-order chi connectivity index (χ1) is 9.59. The van der Waals surface area contributed by atoms with Crippen LogP contribution >= 0.6 is 0 Å². The Labute approximate surface area is 123 Å². The normalized spacial score (nSPS) is 14.2. The van der Waals surface area contributed by atoms with Crippen molar-refractivity contribution in [3.63, 3.8) is 0 Å². The second kappa shape index (κ2) is 7.24. The van der Waals surface area contributed by atoms with Crippen molar-refractivity contribution >= 4 is 0 Å². The molecule has 0 aliphatic heterocycles. The van der Waals surface area contributed by atoms with E-state index in [1.807, 2.05) is 20.8 Å². The second-order valence-corrected chi connectivity index (χ2v) is 5.86. The Morgan fingerprint density at radius 2 is 1.81 bits per heavy atom. The van der Waals surface area contributed by atoms with Crippen molar-refractivity contribution in [2.75, 3.05) is 13.2 Å². The summed E-state index contributed by atoms with van der Waals surface area (Å²) in [6.45, 7) is 5.95. The number of rotatable bonds is 6. The summed E-state index contributed by atoms with van der Waals surface area (Å²) in [5, 5.41) is 12.5. The summed E-state index contributed by atoms with van der Waals surface area (Å²) in [5.41, 5.74) is -0.851. The van der Waals surface area contributed by atoms with Crippen molar-refractivity contribution in [3.05, 3.63) is 35.4 Å². The lowest BCUT2D eigenvalue weighted by molar-refractivity contribution is -0.138. The van der Waals surface area contributed by atoms with Gasteiger partial charge < -0.3 is 15.2 Å². The molecule has 0 fully saturated rings. The summed E-state index contributed by atoms with van der Waals surface area (Å²) in [5.74, 6) is 0. The highest BCUT2D eigenvalue weighted by Crippen LogP contribution is 2.31. The fraction of sp³-hybridized carbons (Fsp3) is 0.600. The van der Waals surface area contributed by atoms with Gasteiger partial charge in [-0.3, -0.25) is 0 Å². The van der Waals surface area contributed by atoms with Gasteiger partial charge in [-0.1, -0.05) is 18.2 Å². The Morgan fingerprint density at radius 1 is 1.19 bits per heavy atom. The van der Waals surface area contributed by atoms with Crippen LogP contribution in [0.15, 0.2) is 24.3 Å². The summed E-state index contributed by atoms with van der Waals surface area (Å²) < 4.78 is 43.8. The van der Waals surface area contributed by atoms with E-state index in [1.54, 1.807) is 6.07 Å². The summed E-state index contributed by atoms with van der Waals surface area (Å²) >= 11 is 0. The van der Waals surface area contributed by atoms with E-state index in [9.17, 15) is 18.3 Å². The van der Waals surface area contributed by atoms with E-state index in [4.69, 9.17) is 4.74 Å². The number of aliphatic hydroxyl groups is 1. The number of hydrogen-bond acceptors (Lipinski definition) is 3. The summed E-state index contributed by atoms with van der Waals surface area (Å²) in [6, 6.07) is 5.40. The van der Waals surface area contributed by atoms with E-state index in [0.717, 1.165) is 6.07 Å². The topological polar surface area (TPSA) is 41.5 Å². The maximum Gasteiger partial charge on any atom is 0.416 e. The lowest BCUT2D eigenvalue weighted by Gasteiger charge is -2.22. The lowest BCUT2D eigenvalue weighted by Crippen LogP contribution is -2.33. The fourth-order valence-corrected chi connectivity index (χ4v) is 1.73. The number of alkyl halides is 3. The molecule has 0 aliphatic carbocycles. The van der Waals surface area contributed by atoms with Gasteiger partial charge in [0.2, 0.25) is 0 Å². The number of benzene rings is 1. The molecule has 0 saturated heterocycles. The first-order valence-corrected chi connectivity index (χ1v) is 6.77. The molecule has 0 heterocycles. The maximum atomic E-state index is 12.8. The van der Waals surface area contributed by atoms with Crippen LogP contribution in [0.25, 0.3) is 0 Å². The Bertz CT molecular complexity index is 441. The van der Waals surface area contributed by atoms with Crippen molar-refractivity contribution < 1.29 is 23.0 Å². The number of nitrogens with one attached hydrogen (secondary N) is 1. The fourth-order valence-electron chi connectivity index (χ4n) is 1.73. The Hall–Kier alpha value is -1.11. The monoisotopic (exact) mass is 305 g/mol. The molecule has 3 nitrogen and oxygen atoms in total. The minimum Gasteiger partial charge on any atom is -0.389 e. The van der Waals surface area contributed by atoms with Crippen LogP contribution < -0.4 is 5.32 Å². The molecular weight excluding hydrogens is 283 g/mol. The van der Waals surface area contributed by atoms with Gasteiger partial charge in [-0.15, -0.1) is 0 Å². The lowest BCUT2D eigenvalue weighted by atomic mass is 10.1. The van der Waals surface area contributed by atoms with Crippen LogP contribution in [0.1, 0.15) is 31.9 Å². The molecule has 2 N–H and O–H groups in total. The molecule has 6 heteroatoms. The van der Waals surface area contributed by atoms with Crippen LogP contribution in [0.5, 0.6) is 0 Å². The van der Waals surface area contributed by atoms with Gasteiger partial charge >= 0.3 is 6.18 Å². The van der Waals surface area contributed by atoms with Gasteiger partial charge in [0, 0.05) is 13.1 Å². The number of ether oxygens (including phenoxy) is 1. The van der Waals surface area contributed by atoms with Crippen LogP contribution in [0.2, 0.25) is 0 Å². The molecule has 0 amide bonds. The van der Waals surface area contributed by atoms with E-state index < -0.39 is 17.8 Å². The predicted molar refractivity (Wildman–Crippen MR) is 74.9 cm³/mol. The molecule has 21 heavy (non-hydrogen) atoms. The minimum absolute atomic E-state index is 0.0439. The molecule has 0 aliphatic rings. The zero-order valence-corrected chi connectivity index (χ0v) is 12.5. The highest BCUT2D eigenvalue weighted by molar-refractivity contribution is 5.29. The van der Waals surface area contributed by atoms with Gasteiger partial charge in [0.15, 0.2) is 0 Å². The van der Waals surface area contributed by atoms with Gasteiger partial charge in [0.05, 0.1) is 23.9 Å². The zero-order chi connectivity index (χ0) is 16.1. The third-order valence-corrected chi connectivity index (χ3v) is 2.73. The average molecular weight is 305 g/mol. The second-order valence-electron chi connectivity index (χ2n) is 5.86. The van der Waals surface area contributed by atoms with E-state index in [-0.39, 0.29) is 30.9 Å². The van der Waals surface area contributed by atoms with Crippen molar-refractivity contribution in [2.45, 2.75) is 45.2 Å². The van der Waals surface area contributed by atoms with Crippen molar-refractivity contribution in [2.24, 2.45) is 0 Å². The van der Waals surface area contributed by atoms with E-state index in [1.165, 1.54) is 12.1 Å². The highest BCUT2D eigenvalue weighted by atomic mass is 19.4. The predicted octanol–water partition coefficient (Wildman–Crippen LogP) is 2.97. The minimum atomic E-state index is -4.37. The third-order valence-electron chi connectivity index (χ3n) is 2.73. The third kappa shape index (κ3) is 6.93. The van der Waals surface area contributed by atoms with E-state index in [0.29, 0.717) is 0 Å². The van der Waals surface area contributed by atoms with Gasteiger partial charge in [0.1, 0.15) is 0 Å². The van der Waals surface area contributed by atoms with Gasteiger partial charge in [-0.25, -0.2) is 0 Å². The Morgan fingerprint density at radius 3 is 2.38 bits per heavy atom. The number of hydrogen-bond donors (Lipinski definition) is 2. The molecule has 1 atom stereocenters. The van der Waals surface area contributed by atoms with Crippen molar-refractivity contribution in [1.29, 1.82) is 0 Å².